The van der Waals surface area contributed by atoms with Crippen LogP contribution in [0, 0.1) is 11.3 Å². The van der Waals surface area contributed by atoms with Crippen LogP contribution in [0.2, 0.25) is 0 Å². The molecule has 1 aliphatic rings. The standard InChI is InChI=1S/C11H22N2O/c1-5-12-7-8(2)10(14)13-9-6-11(9,3)4/h8-9,12H,5-7H2,1-4H3,(H,13,14). The summed E-state index contributed by atoms with van der Waals surface area (Å²) >= 11 is 0. The zero-order chi connectivity index (χ0) is 10.8. The highest BCUT2D eigenvalue weighted by atomic mass is 16.2. The molecule has 3 nitrogen and oxygen atoms in total. The molecule has 0 spiro atoms. The molecule has 1 saturated carbocycles. The van der Waals surface area contributed by atoms with Gasteiger partial charge in [0.1, 0.15) is 0 Å². The molecule has 0 heterocycles. The third-order valence-corrected chi connectivity index (χ3v) is 2.98. The van der Waals surface area contributed by atoms with Crippen molar-refractivity contribution in [2.75, 3.05) is 13.1 Å². The van der Waals surface area contributed by atoms with Crippen LogP contribution in [0.15, 0.2) is 0 Å². The van der Waals surface area contributed by atoms with Crippen molar-refractivity contribution in [3.63, 3.8) is 0 Å². The summed E-state index contributed by atoms with van der Waals surface area (Å²) < 4.78 is 0. The van der Waals surface area contributed by atoms with Crippen molar-refractivity contribution in [3.8, 4) is 0 Å². The molecule has 14 heavy (non-hydrogen) atoms. The highest BCUT2D eigenvalue weighted by Gasteiger charge is 2.46. The van der Waals surface area contributed by atoms with Gasteiger partial charge in [-0.25, -0.2) is 0 Å². The van der Waals surface area contributed by atoms with E-state index in [9.17, 15) is 4.79 Å². The van der Waals surface area contributed by atoms with E-state index in [1.54, 1.807) is 0 Å². The van der Waals surface area contributed by atoms with Gasteiger partial charge in [-0.05, 0) is 18.4 Å². The van der Waals surface area contributed by atoms with E-state index in [0.717, 1.165) is 19.5 Å². The van der Waals surface area contributed by atoms with E-state index in [1.807, 2.05) is 6.92 Å². The molecule has 0 aliphatic heterocycles. The quantitative estimate of drug-likeness (QED) is 0.695. The van der Waals surface area contributed by atoms with Crippen LogP contribution in [0.3, 0.4) is 0 Å². The van der Waals surface area contributed by atoms with Gasteiger partial charge in [-0.1, -0.05) is 27.7 Å². The number of amides is 1. The van der Waals surface area contributed by atoms with E-state index in [1.165, 1.54) is 0 Å². The first kappa shape index (κ1) is 11.5. The van der Waals surface area contributed by atoms with Gasteiger partial charge in [0.05, 0.1) is 0 Å². The number of carbonyl (C=O) groups excluding carboxylic acids is 1. The molecule has 1 rings (SSSR count). The maximum Gasteiger partial charge on any atom is 0.224 e. The first-order chi connectivity index (χ1) is 6.47. The lowest BCUT2D eigenvalue weighted by molar-refractivity contribution is -0.124. The van der Waals surface area contributed by atoms with Gasteiger partial charge in [0, 0.05) is 18.5 Å². The number of carbonyl (C=O) groups is 1. The molecule has 0 saturated heterocycles. The maximum atomic E-state index is 11.6. The van der Waals surface area contributed by atoms with Crippen molar-refractivity contribution in [2.45, 2.75) is 40.2 Å². The average Bonchev–Trinajstić information content (AvgIpc) is 2.69. The molecule has 0 aromatic rings. The molecule has 1 fully saturated rings. The lowest BCUT2D eigenvalue weighted by atomic mass is 10.1. The van der Waals surface area contributed by atoms with E-state index in [2.05, 4.69) is 31.4 Å². The van der Waals surface area contributed by atoms with Gasteiger partial charge in [-0.15, -0.1) is 0 Å². The fourth-order valence-electron chi connectivity index (χ4n) is 1.48. The van der Waals surface area contributed by atoms with Crippen molar-refractivity contribution in [1.29, 1.82) is 0 Å². The van der Waals surface area contributed by atoms with Gasteiger partial charge in [-0.2, -0.15) is 0 Å². The SMILES string of the molecule is CCNCC(C)C(=O)NC1CC1(C)C. The second-order valence-electron chi connectivity index (χ2n) is 4.96. The Morgan fingerprint density at radius 1 is 1.57 bits per heavy atom. The van der Waals surface area contributed by atoms with Gasteiger partial charge < -0.3 is 10.6 Å². The summed E-state index contributed by atoms with van der Waals surface area (Å²) in [6, 6.07) is 0.402. The Labute approximate surface area is 86.6 Å². The van der Waals surface area contributed by atoms with Crippen LogP contribution in [0.25, 0.3) is 0 Å². The molecule has 2 unspecified atom stereocenters. The van der Waals surface area contributed by atoms with Crippen LogP contribution >= 0.6 is 0 Å². The molecular formula is C11H22N2O. The summed E-state index contributed by atoms with van der Waals surface area (Å²) in [6.45, 7) is 10.1. The van der Waals surface area contributed by atoms with Crippen molar-refractivity contribution in [3.05, 3.63) is 0 Å². The number of nitrogens with one attached hydrogen (secondary N) is 2. The van der Waals surface area contributed by atoms with Gasteiger partial charge in [0.15, 0.2) is 0 Å². The highest BCUT2D eigenvalue weighted by Crippen LogP contribution is 2.44. The molecule has 82 valence electrons. The van der Waals surface area contributed by atoms with Crippen molar-refractivity contribution >= 4 is 5.91 Å². The zero-order valence-corrected chi connectivity index (χ0v) is 9.68. The zero-order valence-electron chi connectivity index (χ0n) is 9.68. The van der Waals surface area contributed by atoms with E-state index in [4.69, 9.17) is 0 Å². The maximum absolute atomic E-state index is 11.6. The van der Waals surface area contributed by atoms with Crippen LogP contribution in [0.5, 0.6) is 0 Å². The molecular weight excluding hydrogens is 176 g/mol. The van der Waals surface area contributed by atoms with E-state index in [0.29, 0.717) is 11.5 Å². The monoisotopic (exact) mass is 198 g/mol. The molecule has 2 N–H and O–H groups in total. The molecule has 0 radical (unpaired) electrons. The summed E-state index contributed by atoms with van der Waals surface area (Å²) in [5, 5.41) is 6.26. The summed E-state index contributed by atoms with van der Waals surface area (Å²) in [6.07, 6.45) is 1.12. The third kappa shape index (κ3) is 2.98. The van der Waals surface area contributed by atoms with Crippen molar-refractivity contribution < 1.29 is 4.79 Å². The Morgan fingerprint density at radius 3 is 2.57 bits per heavy atom. The minimum atomic E-state index is 0.0753. The first-order valence-corrected chi connectivity index (χ1v) is 5.48. The van der Waals surface area contributed by atoms with Crippen LogP contribution < -0.4 is 10.6 Å². The summed E-state index contributed by atoms with van der Waals surface area (Å²) in [5.74, 6) is 0.257. The van der Waals surface area contributed by atoms with Gasteiger partial charge in [0.25, 0.3) is 0 Å². The number of hydrogen-bond acceptors (Lipinski definition) is 2. The minimum Gasteiger partial charge on any atom is -0.353 e. The summed E-state index contributed by atoms with van der Waals surface area (Å²) in [7, 11) is 0. The normalized spacial score (nSPS) is 25.6. The average molecular weight is 198 g/mol. The highest BCUT2D eigenvalue weighted by molar-refractivity contribution is 5.79. The fraction of sp³-hybridized carbons (Fsp3) is 0.909. The lowest BCUT2D eigenvalue weighted by Crippen LogP contribution is -2.37. The van der Waals surface area contributed by atoms with Crippen molar-refractivity contribution in [2.24, 2.45) is 11.3 Å². The van der Waals surface area contributed by atoms with Crippen LogP contribution in [0.1, 0.15) is 34.1 Å². The molecule has 1 aliphatic carbocycles. The van der Waals surface area contributed by atoms with Crippen LogP contribution in [-0.4, -0.2) is 25.0 Å². The van der Waals surface area contributed by atoms with Crippen molar-refractivity contribution in [1.82, 2.24) is 10.6 Å². The predicted molar refractivity (Wildman–Crippen MR) is 58.0 cm³/mol. The van der Waals surface area contributed by atoms with Crippen LogP contribution in [0.4, 0.5) is 0 Å². The molecule has 1 amide bonds. The predicted octanol–water partition coefficient (Wildman–Crippen LogP) is 1.15. The fourth-order valence-corrected chi connectivity index (χ4v) is 1.48. The summed E-state index contributed by atoms with van der Waals surface area (Å²) in [5.41, 5.74) is 0.327. The molecule has 0 aromatic carbocycles. The topological polar surface area (TPSA) is 41.1 Å². The second-order valence-corrected chi connectivity index (χ2v) is 4.96. The smallest absolute Gasteiger partial charge is 0.224 e. The number of rotatable bonds is 5. The minimum absolute atomic E-state index is 0.0753. The molecule has 0 aromatic heterocycles. The lowest BCUT2D eigenvalue weighted by Gasteiger charge is -2.13. The molecule has 2 atom stereocenters. The second kappa shape index (κ2) is 4.30. The van der Waals surface area contributed by atoms with E-state index < -0.39 is 0 Å². The summed E-state index contributed by atoms with van der Waals surface area (Å²) in [4.78, 5) is 11.6. The Bertz CT molecular complexity index is 213. The Kier molecular flexibility index (Phi) is 3.53. The van der Waals surface area contributed by atoms with Gasteiger partial charge in [-0.3, -0.25) is 4.79 Å². The van der Waals surface area contributed by atoms with Gasteiger partial charge in [0.2, 0.25) is 5.91 Å². The van der Waals surface area contributed by atoms with E-state index >= 15 is 0 Å². The molecule has 3 heteroatoms. The molecule has 0 bridgehead atoms. The Balaban J connectivity index is 2.22. The number of hydrogen-bond donors (Lipinski definition) is 2. The van der Waals surface area contributed by atoms with E-state index in [-0.39, 0.29) is 11.8 Å². The largest absolute Gasteiger partial charge is 0.353 e. The first-order valence-electron chi connectivity index (χ1n) is 5.48. The Morgan fingerprint density at radius 2 is 2.14 bits per heavy atom. The Hall–Kier alpha value is -0.570. The van der Waals surface area contributed by atoms with Crippen LogP contribution in [-0.2, 0) is 4.79 Å². The third-order valence-electron chi connectivity index (χ3n) is 2.98. The van der Waals surface area contributed by atoms with Gasteiger partial charge >= 0.3 is 0 Å².